The average molecular weight is 266 g/mol. The molecule has 1 heterocycles. The van der Waals surface area contributed by atoms with E-state index in [9.17, 15) is 0 Å². The monoisotopic (exact) mass is 266 g/mol. The zero-order valence-corrected chi connectivity index (χ0v) is 12.7. The van der Waals surface area contributed by atoms with Crippen LogP contribution in [0.25, 0.3) is 0 Å². The fraction of sp³-hybridized carbons (Fsp3) is 0.733. The average Bonchev–Trinajstić information content (AvgIpc) is 2.91. The lowest BCUT2D eigenvalue weighted by molar-refractivity contribution is 0.236. The highest BCUT2D eigenvalue weighted by molar-refractivity contribution is 7.09. The largest absolute Gasteiger partial charge is 0.327 e. The van der Waals surface area contributed by atoms with Gasteiger partial charge in [-0.05, 0) is 49.1 Å². The Morgan fingerprint density at radius 3 is 2.83 bits per heavy atom. The molecule has 0 aliphatic heterocycles. The first-order valence-corrected chi connectivity index (χ1v) is 7.83. The van der Waals surface area contributed by atoms with Gasteiger partial charge in [-0.1, -0.05) is 19.9 Å². The van der Waals surface area contributed by atoms with Gasteiger partial charge in [-0.25, -0.2) is 0 Å². The van der Waals surface area contributed by atoms with Crippen LogP contribution in [0.2, 0.25) is 0 Å². The Labute approximate surface area is 115 Å². The van der Waals surface area contributed by atoms with Crippen LogP contribution in [0.1, 0.15) is 31.6 Å². The van der Waals surface area contributed by atoms with E-state index in [0.717, 1.165) is 13.1 Å². The molecular weight excluding hydrogens is 240 g/mol. The molecule has 2 atom stereocenters. The van der Waals surface area contributed by atoms with Crippen molar-refractivity contribution in [3.8, 4) is 0 Å². The van der Waals surface area contributed by atoms with Crippen molar-refractivity contribution in [3.05, 3.63) is 22.4 Å². The summed E-state index contributed by atoms with van der Waals surface area (Å²) in [6, 6.07) is 4.72. The maximum absolute atomic E-state index is 6.37. The van der Waals surface area contributed by atoms with Gasteiger partial charge in [0, 0.05) is 24.0 Å². The normalized spacial score (nSPS) is 26.9. The fourth-order valence-electron chi connectivity index (χ4n) is 2.99. The SMILES string of the molecule is CN(CCc1cccs1)CC1CCC(C)(C)C1N. The minimum atomic E-state index is 0.333. The molecule has 0 aromatic carbocycles. The van der Waals surface area contributed by atoms with Gasteiger partial charge in [0.15, 0.2) is 0 Å². The first kappa shape index (κ1) is 14.0. The Balaban J connectivity index is 1.76. The van der Waals surface area contributed by atoms with E-state index in [0.29, 0.717) is 17.4 Å². The summed E-state index contributed by atoms with van der Waals surface area (Å²) in [5.74, 6) is 0.674. The van der Waals surface area contributed by atoms with Gasteiger partial charge < -0.3 is 10.6 Å². The molecule has 1 aliphatic rings. The van der Waals surface area contributed by atoms with Crippen molar-refractivity contribution in [2.75, 3.05) is 20.1 Å². The van der Waals surface area contributed by atoms with Crippen molar-refractivity contribution < 1.29 is 0 Å². The van der Waals surface area contributed by atoms with Crippen molar-refractivity contribution >= 4 is 11.3 Å². The maximum Gasteiger partial charge on any atom is 0.0131 e. The molecule has 0 spiro atoms. The highest BCUT2D eigenvalue weighted by Crippen LogP contribution is 2.40. The Bertz CT molecular complexity index is 359. The number of nitrogens with zero attached hydrogens (tertiary/aromatic N) is 1. The van der Waals surface area contributed by atoms with Crippen LogP contribution in [0.5, 0.6) is 0 Å². The Morgan fingerprint density at radius 1 is 1.50 bits per heavy atom. The highest BCUT2D eigenvalue weighted by atomic mass is 32.1. The van der Waals surface area contributed by atoms with Gasteiger partial charge in [-0.15, -0.1) is 11.3 Å². The molecular formula is C15H26N2S. The van der Waals surface area contributed by atoms with Crippen LogP contribution >= 0.6 is 11.3 Å². The van der Waals surface area contributed by atoms with Crippen molar-refractivity contribution in [1.29, 1.82) is 0 Å². The number of thiophene rings is 1. The van der Waals surface area contributed by atoms with Gasteiger partial charge in [-0.2, -0.15) is 0 Å². The lowest BCUT2D eigenvalue weighted by atomic mass is 9.85. The molecule has 1 aliphatic carbocycles. The van der Waals surface area contributed by atoms with E-state index in [2.05, 4.69) is 43.3 Å². The summed E-state index contributed by atoms with van der Waals surface area (Å²) in [6.45, 7) is 6.91. The summed E-state index contributed by atoms with van der Waals surface area (Å²) in [5, 5.41) is 2.16. The lowest BCUT2D eigenvalue weighted by Crippen LogP contribution is -2.41. The van der Waals surface area contributed by atoms with Gasteiger partial charge in [-0.3, -0.25) is 0 Å². The Kier molecular flexibility index (Phi) is 4.46. The second-order valence-electron chi connectivity index (χ2n) is 6.40. The predicted octanol–water partition coefficient (Wildman–Crippen LogP) is 2.99. The van der Waals surface area contributed by atoms with E-state index in [-0.39, 0.29) is 0 Å². The topological polar surface area (TPSA) is 29.3 Å². The number of nitrogens with two attached hydrogens (primary N) is 1. The summed E-state index contributed by atoms with van der Waals surface area (Å²) in [6.07, 6.45) is 3.73. The minimum absolute atomic E-state index is 0.333. The van der Waals surface area contributed by atoms with E-state index in [1.807, 2.05) is 11.3 Å². The van der Waals surface area contributed by atoms with Crippen molar-refractivity contribution in [2.24, 2.45) is 17.1 Å². The summed E-state index contributed by atoms with van der Waals surface area (Å²) < 4.78 is 0. The molecule has 1 aromatic heterocycles. The highest BCUT2D eigenvalue weighted by Gasteiger charge is 2.39. The van der Waals surface area contributed by atoms with E-state index >= 15 is 0 Å². The summed E-state index contributed by atoms with van der Waals surface area (Å²) in [5.41, 5.74) is 6.70. The molecule has 0 bridgehead atoms. The Morgan fingerprint density at radius 2 is 2.28 bits per heavy atom. The van der Waals surface area contributed by atoms with E-state index < -0.39 is 0 Å². The first-order chi connectivity index (χ1) is 8.49. The van der Waals surface area contributed by atoms with Crippen LogP contribution in [0.4, 0.5) is 0 Å². The summed E-state index contributed by atoms with van der Waals surface area (Å²) >= 11 is 1.86. The molecule has 3 heteroatoms. The van der Waals surface area contributed by atoms with Gasteiger partial charge >= 0.3 is 0 Å². The van der Waals surface area contributed by atoms with Crippen LogP contribution in [-0.2, 0) is 6.42 Å². The number of hydrogen-bond acceptors (Lipinski definition) is 3. The molecule has 0 radical (unpaired) electrons. The van der Waals surface area contributed by atoms with Crippen molar-refractivity contribution in [2.45, 2.75) is 39.2 Å². The third-order valence-electron chi connectivity index (χ3n) is 4.44. The summed E-state index contributed by atoms with van der Waals surface area (Å²) in [4.78, 5) is 3.93. The molecule has 2 rings (SSSR count). The zero-order valence-electron chi connectivity index (χ0n) is 11.9. The lowest BCUT2D eigenvalue weighted by Gasteiger charge is -2.29. The van der Waals surface area contributed by atoms with Crippen LogP contribution < -0.4 is 5.73 Å². The van der Waals surface area contributed by atoms with Gasteiger partial charge in [0.1, 0.15) is 0 Å². The maximum atomic E-state index is 6.37. The van der Waals surface area contributed by atoms with Gasteiger partial charge in [0.25, 0.3) is 0 Å². The molecule has 2 N–H and O–H groups in total. The standard InChI is InChI=1S/C15H26N2S/c1-15(2)8-6-12(14(15)16)11-17(3)9-7-13-5-4-10-18-13/h4-5,10,12,14H,6-9,11,16H2,1-3H3. The van der Waals surface area contributed by atoms with Crippen LogP contribution in [0.15, 0.2) is 17.5 Å². The third-order valence-corrected chi connectivity index (χ3v) is 5.37. The number of hydrogen-bond donors (Lipinski definition) is 1. The number of likely N-dealkylation sites (N-methyl/N-ethyl adjacent to an activating group) is 1. The molecule has 2 nitrogen and oxygen atoms in total. The van der Waals surface area contributed by atoms with E-state index in [1.54, 1.807) is 0 Å². The van der Waals surface area contributed by atoms with Crippen LogP contribution in [0.3, 0.4) is 0 Å². The smallest absolute Gasteiger partial charge is 0.0131 e. The quantitative estimate of drug-likeness (QED) is 0.888. The zero-order chi connectivity index (χ0) is 13.2. The number of rotatable bonds is 5. The van der Waals surface area contributed by atoms with Gasteiger partial charge in [0.05, 0.1) is 0 Å². The molecule has 18 heavy (non-hydrogen) atoms. The second kappa shape index (κ2) is 5.72. The molecule has 1 fully saturated rings. The second-order valence-corrected chi connectivity index (χ2v) is 7.44. The fourth-order valence-corrected chi connectivity index (χ4v) is 3.69. The molecule has 0 amide bonds. The van der Waals surface area contributed by atoms with Crippen molar-refractivity contribution in [1.82, 2.24) is 4.90 Å². The molecule has 0 saturated heterocycles. The van der Waals surface area contributed by atoms with Crippen molar-refractivity contribution in [3.63, 3.8) is 0 Å². The van der Waals surface area contributed by atoms with Gasteiger partial charge in [0.2, 0.25) is 0 Å². The molecule has 1 aromatic rings. The molecule has 102 valence electrons. The van der Waals surface area contributed by atoms with E-state index in [4.69, 9.17) is 5.73 Å². The van der Waals surface area contributed by atoms with Crippen LogP contribution in [-0.4, -0.2) is 31.1 Å². The first-order valence-electron chi connectivity index (χ1n) is 6.95. The third kappa shape index (κ3) is 3.34. The van der Waals surface area contributed by atoms with E-state index in [1.165, 1.54) is 24.1 Å². The molecule has 1 saturated carbocycles. The summed E-state index contributed by atoms with van der Waals surface area (Å²) in [7, 11) is 2.23. The Hall–Kier alpha value is -0.380. The minimum Gasteiger partial charge on any atom is -0.327 e. The van der Waals surface area contributed by atoms with Crippen LogP contribution in [0, 0.1) is 11.3 Å². The predicted molar refractivity (Wildman–Crippen MR) is 80.0 cm³/mol. The molecule has 2 unspecified atom stereocenters.